The molecule has 4 N–H and O–H groups in total. The first-order valence-electron chi connectivity index (χ1n) is 7.77. The van der Waals surface area contributed by atoms with Gasteiger partial charge in [-0.2, -0.15) is 0 Å². The lowest BCUT2D eigenvalue weighted by Gasteiger charge is -2.17. The highest BCUT2D eigenvalue weighted by Gasteiger charge is 2.44. The highest BCUT2D eigenvalue weighted by atomic mass is 32.2. The first-order valence-corrected chi connectivity index (χ1v) is 8.85. The van der Waals surface area contributed by atoms with Gasteiger partial charge in [0.25, 0.3) is 0 Å². The molecule has 5 atom stereocenters. The fraction of sp³-hybridized carbons (Fsp3) is 0.615. The van der Waals surface area contributed by atoms with Gasteiger partial charge in [-0.25, -0.2) is 19.7 Å². The van der Waals surface area contributed by atoms with Crippen LogP contribution >= 0.6 is 0 Å². The van der Waals surface area contributed by atoms with Crippen molar-refractivity contribution in [2.24, 2.45) is 0 Å². The predicted octanol–water partition coefficient (Wildman–Crippen LogP) is -2.11. The molecule has 0 saturated carbocycles. The van der Waals surface area contributed by atoms with E-state index in [2.05, 4.69) is 25.0 Å². The van der Waals surface area contributed by atoms with E-state index < -0.39 is 35.8 Å². The molecule has 12 nitrogen and oxygen atoms in total. The van der Waals surface area contributed by atoms with E-state index in [9.17, 15) is 19.0 Å². The molecular weight excluding hydrogens is 368 g/mol. The van der Waals surface area contributed by atoms with Crippen LogP contribution in [0.2, 0.25) is 0 Å². The summed E-state index contributed by atoms with van der Waals surface area (Å²) in [6.07, 6.45) is -1.67. The number of hydrogen-bond donors (Lipinski definition) is 4. The van der Waals surface area contributed by atoms with Crippen molar-refractivity contribution in [2.45, 2.75) is 24.5 Å². The molecule has 144 valence electrons. The smallest absolute Gasteiger partial charge is 0.167 e. The summed E-state index contributed by atoms with van der Waals surface area (Å²) in [7, 11) is 1.59. The van der Waals surface area contributed by atoms with Crippen LogP contribution in [0, 0.1) is 0 Å². The van der Waals surface area contributed by atoms with Gasteiger partial charge < -0.3 is 29.6 Å². The molecule has 1 unspecified atom stereocenters. The Morgan fingerprint density at radius 2 is 2.19 bits per heavy atom. The van der Waals surface area contributed by atoms with E-state index >= 15 is 0 Å². The Morgan fingerprint density at radius 3 is 2.92 bits per heavy atom. The van der Waals surface area contributed by atoms with Crippen LogP contribution in [0.25, 0.3) is 11.2 Å². The molecule has 1 aliphatic heterocycles. The lowest BCUT2D eigenvalue weighted by Crippen LogP contribution is -2.38. The van der Waals surface area contributed by atoms with Crippen LogP contribution in [0.3, 0.4) is 0 Å². The molecule has 0 aromatic carbocycles. The zero-order valence-corrected chi connectivity index (χ0v) is 14.6. The highest BCUT2D eigenvalue weighted by molar-refractivity contribution is 7.77. The number of methoxy groups -OCH3 is 1. The van der Waals surface area contributed by atoms with Crippen molar-refractivity contribution < 1.29 is 28.4 Å². The number of aromatic nitrogens is 4. The third kappa shape index (κ3) is 3.83. The normalized spacial score (nSPS) is 27.1. The van der Waals surface area contributed by atoms with Crippen molar-refractivity contribution >= 4 is 28.2 Å². The van der Waals surface area contributed by atoms with E-state index in [1.54, 1.807) is 7.11 Å². The molecule has 1 fully saturated rings. The summed E-state index contributed by atoms with van der Waals surface area (Å²) in [4.78, 5) is 12.5. The van der Waals surface area contributed by atoms with Crippen LogP contribution in [-0.2, 0) is 20.7 Å². The third-order valence-electron chi connectivity index (χ3n) is 3.97. The molecule has 1 aliphatic rings. The number of aliphatic hydroxyl groups excluding tert-OH is 2. The van der Waals surface area contributed by atoms with Gasteiger partial charge in [0.15, 0.2) is 23.2 Å². The van der Waals surface area contributed by atoms with Crippen LogP contribution in [0.4, 0.5) is 5.82 Å². The molecule has 0 spiro atoms. The second kappa shape index (κ2) is 8.30. The fourth-order valence-electron chi connectivity index (χ4n) is 2.72. The summed E-state index contributed by atoms with van der Waals surface area (Å²) in [6, 6.07) is 0. The molecular formula is C13H19N6O6S-. The van der Waals surface area contributed by atoms with E-state index in [-0.39, 0.29) is 6.54 Å². The molecule has 3 heterocycles. The second-order valence-electron chi connectivity index (χ2n) is 5.60. The average Bonchev–Trinajstić information content (AvgIpc) is 3.16. The summed E-state index contributed by atoms with van der Waals surface area (Å²) < 4.78 is 35.4. The number of fused-ring (bicyclic) bond motifs is 1. The summed E-state index contributed by atoms with van der Waals surface area (Å²) in [5.74, 6) is 0.499. The van der Waals surface area contributed by atoms with Gasteiger partial charge in [0.1, 0.15) is 24.6 Å². The maximum Gasteiger partial charge on any atom is 0.167 e. The Balaban J connectivity index is 1.82. The Morgan fingerprint density at radius 1 is 1.38 bits per heavy atom. The maximum atomic E-state index is 10.6. The quantitative estimate of drug-likeness (QED) is 0.291. The average molecular weight is 387 g/mol. The van der Waals surface area contributed by atoms with Crippen LogP contribution in [0.15, 0.2) is 12.7 Å². The second-order valence-corrected chi connectivity index (χ2v) is 6.35. The zero-order chi connectivity index (χ0) is 18.7. The molecule has 0 aliphatic carbocycles. The zero-order valence-electron chi connectivity index (χ0n) is 13.8. The number of anilines is 1. The Hall–Kier alpha value is -1.74. The van der Waals surface area contributed by atoms with Crippen LogP contribution in [-0.4, -0.2) is 83.6 Å². The fourth-order valence-corrected chi connectivity index (χ4v) is 3.02. The van der Waals surface area contributed by atoms with E-state index in [4.69, 9.17) is 9.47 Å². The van der Waals surface area contributed by atoms with Crippen molar-refractivity contribution in [2.75, 3.05) is 32.1 Å². The standard InChI is InChI=1S/C13H20N6O6S/c1-24-3-2-14-11-8-12(16-5-15-11)19(6-17-8)13-10(21)9(20)7(25-13)4-18-26(22)23/h5-7,9-10,13,18,20-21H,2-4H2,1H3,(H,22,23)(H,14,15,16)/p-1/t7-,9-,10-,13-/m1/s1. The largest absolute Gasteiger partial charge is 0.760 e. The van der Waals surface area contributed by atoms with Crippen molar-refractivity contribution in [3.05, 3.63) is 12.7 Å². The molecule has 0 bridgehead atoms. The van der Waals surface area contributed by atoms with Crippen LogP contribution < -0.4 is 10.0 Å². The Kier molecular flexibility index (Phi) is 6.08. The van der Waals surface area contributed by atoms with Crippen molar-refractivity contribution in [3.63, 3.8) is 0 Å². The number of hydrogen-bond acceptors (Lipinski definition) is 10. The highest BCUT2D eigenvalue weighted by Crippen LogP contribution is 2.32. The summed E-state index contributed by atoms with van der Waals surface area (Å²) in [5, 5.41) is 23.5. The summed E-state index contributed by atoms with van der Waals surface area (Å²) in [5.41, 5.74) is 0.869. The van der Waals surface area contributed by atoms with Gasteiger partial charge in [-0.05, 0) is 0 Å². The topological polar surface area (TPSA) is 167 Å². The summed E-state index contributed by atoms with van der Waals surface area (Å²) >= 11 is -2.50. The van der Waals surface area contributed by atoms with Crippen LogP contribution in [0.5, 0.6) is 0 Å². The minimum atomic E-state index is -2.50. The molecule has 0 amide bonds. The van der Waals surface area contributed by atoms with E-state index in [1.807, 2.05) is 0 Å². The van der Waals surface area contributed by atoms with Gasteiger partial charge in [-0.1, -0.05) is 0 Å². The molecule has 26 heavy (non-hydrogen) atoms. The first kappa shape index (κ1) is 19.0. The number of rotatable bonds is 8. The molecule has 1 saturated heterocycles. The number of ether oxygens (including phenoxy) is 2. The van der Waals surface area contributed by atoms with Crippen LogP contribution in [0.1, 0.15) is 6.23 Å². The van der Waals surface area contributed by atoms with Gasteiger partial charge in [0, 0.05) is 31.5 Å². The third-order valence-corrected chi connectivity index (χ3v) is 4.37. The van der Waals surface area contributed by atoms with Crippen molar-refractivity contribution in [1.82, 2.24) is 24.2 Å². The van der Waals surface area contributed by atoms with E-state index in [1.165, 1.54) is 17.2 Å². The van der Waals surface area contributed by atoms with Crippen molar-refractivity contribution in [3.8, 4) is 0 Å². The van der Waals surface area contributed by atoms with E-state index in [0.29, 0.717) is 30.1 Å². The predicted molar refractivity (Wildman–Crippen MR) is 88.5 cm³/mol. The number of imidazole rings is 1. The molecule has 0 radical (unpaired) electrons. The monoisotopic (exact) mass is 387 g/mol. The molecule has 13 heteroatoms. The lowest BCUT2D eigenvalue weighted by atomic mass is 10.1. The number of aliphatic hydroxyl groups is 2. The van der Waals surface area contributed by atoms with Gasteiger partial charge in [-0.3, -0.25) is 8.78 Å². The molecule has 2 aromatic rings. The van der Waals surface area contributed by atoms with Gasteiger partial charge in [-0.15, -0.1) is 0 Å². The number of nitrogens with one attached hydrogen (secondary N) is 2. The van der Waals surface area contributed by atoms with Crippen molar-refractivity contribution in [1.29, 1.82) is 0 Å². The van der Waals surface area contributed by atoms with Gasteiger partial charge in [0.05, 0.1) is 12.9 Å². The lowest BCUT2D eigenvalue weighted by molar-refractivity contribution is -0.0330. The summed E-state index contributed by atoms with van der Waals surface area (Å²) in [6.45, 7) is 0.839. The first-order chi connectivity index (χ1) is 12.5. The minimum Gasteiger partial charge on any atom is -0.760 e. The maximum absolute atomic E-state index is 10.6. The van der Waals surface area contributed by atoms with E-state index in [0.717, 1.165) is 0 Å². The minimum absolute atomic E-state index is 0.170. The molecule has 2 aromatic heterocycles. The Labute approximate surface area is 151 Å². The SMILES string of the molecule is COCCNc1ncnc2c1ncn2[C@@H]1O[C@H](CNS(=O)[O-])[C@@H](O)[C@H]1O. The molecule has 3 rings (SSSR count). The number of nitrogens with zero attached hydrogens (tertiary/aromatic N) is 4. The van der Waals surface area contributed by atoms with Gasteiger partial charge >= 0.3 is 0 Å². The van der Waals surface area contributed by atoms with Gasteiger partial charge in [0.2, 0.25) is 0 Å². The Bertz CT molecular complexity index is 775.